The Kier molecular flexibility index (Phi) is 4.76. The molecule has 1 atom stereocenters. The van der Waals surface area contributed by atoms with Crippen molar-refractivity contribution in [3.63, 3.8) is 0 Å². The Morgan fingerprint density at radius 1 is 1.16 bits per heavy atom. The number of aliphatic hydroxyl groups is 1. The van der Waals surface area contributed by atoms with Crippen molar-refractivity contribution in [3.8, 4) is 0 Å². The Hall–Kier alpha value is -0.710. The van der Waals surface area contributed by atoms with Gasteiger partial charge in [-0.2, -0.15) is 0 Å². The molecule has 0 amide bonds. The van der Waals surface area contributed by atoms with Crippen molar-refractivity contribution in [2.75, 3.05) is 0 Å². The van der Waals surface area contributed by atoms with E-state index in [1.807, 2.05) is 31.2 Å². The molecular formula is C15H13Br2FO. The lowest BCUT2D eigenvalue weighted by Crippen LogP contribution is -2.03. The van der Waals surface area contributed by atoms with Crippen LogP contribution in [0.15, 0.2) is 45.3 Å². The van der Waals surface area contributed by atoms with Crippen LogP contribution in [-0.2, 0) is 6.42 Å². The zero-order chi connectivity index (χ0) is 14.0. The average molecular weight is 388 g/mol. The number of hydrogen-bond acceptors (Lipinski definition) is 1. The van der Waals surface area contributed by atoms with E-state index in [4.69, 9.17) is 0 Å². The molecule has 19 heavy (non-hydrogen) atoms. The highest BCUT2D eigenvalue weighted by molar-refractivity contribution is 9.10. The number of aryl methyl sites for hydroxylation is 1. The molecule has 100 valence electrons. The average Bonchev–Trinajstić information content (AvgIpc) is 2.30. The van der Waals surface area contributed by atoms with Gasteiger partial charge in [-0.05, 0) is 42.3 Å². The smallest absolute Gasteiger partial charge is 0.124 e. The summed E-state index contributed by atoms with van der Waals surface area (Å²) in [4.78, 5) is 0. The van der Waals surface area contributed by atoms with Crippen LogP contribution in [0.4, 0.5) is 4.39 Å². The highest BCUT2D eigenvalue weighted by Crippen LogP contribution is 2.28. The summed E-state index contributed by atoms with van der Waals surface area (Å²) in [6, 6.07) is 10.5. The normalized spacial score (nSPS) is 12.5. The Morgan fingerprint density at radius 2 is 1.89 bits per heavy atom. The fraction of sp³-hybridized carbons (Fsp3) is 0.200. The zero-order valence-corrected chi connectivity index (χ0v) is 13.5. The van der Waals surface area contributed by atoms with E-state index in [9.17, 15) is 9.50 Å². The molecule has 0 radical (unpaired) electrons. The molecule has 0 saturated heterocycles. The van der Waals surface area contributed by atoms with Gasteiger partial charge in [0.2, 0.25) is 0 Å². The third kappa shape index (κ3) is 3.88. The van der Waals surface area contributed by atoms with Crippen LogP contribution >= 0.6 is 31.9 Å². The van der Waals surface area contributed by atoms with Gasteiger partial charge in [0, 0.05) is 15.4 Å². The summed E-state index contributed by atoms with van der Waals surface area (Å²) in [6.07, 6.45) is -0.290. The fourth-order valence-electron chi connectivity index (χ4n) is 1.98. The first-order chi connectivity index (χ1) is 8.95. The van der Waals surface area contributed by atoms with Crippen molar-refractivity contribution >= 4 is 31.9 Å². The molecule has 0 aliphatic heterocycles. The molecule has 0 aliphatic rings. The second-order valence-electron chi connectivity index (χ2n) is 4.52. The molecule has 1 unspecified atom stereocenters. The maximum absolute atomic E-state index is 13.3. The van der Waals surface area contributed by atoms with E-state index in [2.05, 4.69) is 31.9 Å². The minimum atomic E-state index is -0.664. The lowest BCUT2D eigenvalue weighted by Gasteiger charge is -2.14. The van der Waals surface area contributed by atoms with Gasteiger partial charge >= 0.3 is 0 Å². The maximum Gasteiger partial charge on any atom is 0.124 e. The largest absolute Gasteiger partial charge is 0.388 e. The first-order valence-electron chi connectivity index (χ1n) is 5.85. The van der Waals surface area contributed by atoms with Gasteiger partial charge in [-0.15, -0.1) is 0 Å². The van der Waals surface area contributed by atoms with Crippen LogP contribution in [-0.4, -0.2) is 5.11 Å². The van der Waals surface area contributed by atoms with Crippen molar-refractivity contribution in [3.05, 3.63) is 67.9 Å². The van der Waals surface area contributed by atoms with Crippen LogP contribution in [0, 0.1) is 12.7 Å². The van der Waals surface area contributed by atoms with Gasteiger partial charge in [0.25, 0.3) is 0 Å². The molecule has 1 nitrogen and oxygen atoms in total. The first kappa shape index (κ1) is 14.7. The van der Waals surface area contributed by atoms with Crippen LogP contribution in [0.5, 0.6) is 0 Å². The molecular weight excluding hydrogens is 375 g/mol. The van der Waals surface area contributed by atoms with Gasteiger partial charge < -0.3 is 5.11 Å². The summed E-state index contributed by atoms with van der Waals surface area (Å²) >= 11 is 6.68. The van der Waals surface area contributed by atoms with Crippen molar-refractivity contribution in [2.24, 2.45) is 0 Å². The quantitative estimate of drug-likeness (QED) is 0.791. The fourth-order valence-corrected chi connectivity index (χ4v) is 3.00. The zero-order valence-electron chi connectivity index (χ0n) is 10.3. The van der Waals surface area contributed by atoms with Crippen LogP contribution in [0.2, 0.25) is 0 Å². The molecule has 0 saturated carbocycles. The van der Waals surface area contributed by atoms with Crippen molar-refractivity contribution < 1.29 is 9.50 Å². The van der Waals surface area contributed by atoms with Gasteiger partial charge in [-0.25, -0.2) is 4.39 Å². The van der Waals surface area contributed by atoms with E-state index in [-0.39, 0.29) is 5.82 Å². The molecule has 2 aromatic carbocycles. The number of aliphatic hydroxyl groups excluding tert-OH is 1. The molecule has 0 aliphatic carbocycles. The van der Waals surface area contributed by atoms with Gasteiger partial charge in [0.1, 0.15) is 5.82 Å². The summed E-state index contributed by atoms with van der Waals surface area (Å²) in [5.74, 6) is -0.306. The number of rotatable bonds is 3. The SMILES string of the molecule is Cc1ccc(Br)c(C(O)Cc2cc(F)cc(Br)c2)c1. The molecule has 0 aromatic heterocycles. The third-order valence-corrected chi connectivity index (χ3v) is 4.04. The van der Waals surface area contributed by atoms with E-state index < -0.39 is 6.10 Å². The van der Waals surface area contributed by atoms with Crippen LogP contribution in [0.1, 0.15) is 22.8 Å². The van der Waals surface area contributed by atoms with Crippen molar-refractivity contribution in [2.45, 2.75) is 19.4 Å². The topological polar surface area (TPSA) is 20.2 Å². The van der Waals surface area contributed by atoms with Crippen molar-refractivity contribution in [1.29, 1.82) is 0 Å². The predicted octanol–water partition coefficient (Wildman–Crippen LogP) is 4.94. The highest BCUT2D eigenvalue weighted by atomic mass is 79.9. The number of hydrogen-bond donors (Lipinski definition) is 1. The Labute approximate surface area is 128 Å². The van der Waals surface area contributed by atoms with E-state index in [0.717, 1.165) is 21.2 Å². The lowest BCUT2D eigenvalue weighted by molar-refractivity contribution is 0.177. The monoisotopic (exact) mass is 386 g/mol. The summed E-state index contributed by atoms with van der Waals surface area (Å²) in [5.41, 5.74) is 2.66. The van der Waals surface area contributed by atoms with Gasteiger partial charge in [0.05, 0.1) is 6.10 Å². The Morgan fingerprint density at radius 3 is 2.58 bits per heavy atom. The van der Waals surface area contributed by atoms with E-state index in [1.54, 1.807) is 0 Å². The predicted molar refractivity (Wildman–Crippen MR) is 81.6 cm³/mol. The molecule has 0 fully saturated rings. The van der Waals surface area contributed by atoms with Crippen molar-refractivity contribution in [1.82, 2.24) is 0 Å². The molecule has 0 bridgehead atoms. The molecule has 1 N–H and O–H groups in total. The molecule has 2 rings (SSSR count). The summed E-state index contributed by atoms with van der Waals surface area (Å²) in [6.45, 7) is 1.97. The Bertz CT molecular complexity index is 578. The summed E-state index contributed by atoms with van der Waals surface area (Å²) in [7, 11) is 0. The second-order valence-corrected chi connectivity index (χ2v) is 6.29. The Balaban J connectivity index is 2.25. The highest BCUT2D eigenvalue weighted by Gasteiger charge is 2.13. The standard InChI is InChI=1S/C15H13Br2FO/c1-9-2-3-14(17)13(4-9)15(19)7-10-5-11(16)8-12(18)6-10/h2-6,8,15,19H,7H2,1H3. The van der Waals surface area contributed by atoms with Gasteiger partial charge in [-0.1, -0.05) is 49.6 Å². The molecule has 4 heteroatoms. The third-order valence-electron chi connectivity index (χ3n) is 2.86. The molecule has 0 spiro atoms. The van der Waals surface area contributed by atoms with Crippen LogP contribution in [0.25, 0.3) is 0 Å². The molecule has 2 aromatic rings. The van der Waals surface area contributed by atoms with Crippen LogP contribution < -0.4 is 0 Å². The van der Waals surface area contributed by atoms with Crippen LogP contribution in [0.3, 0.4) is 0 Å². The summed E-state index contributed by atoms with van der Waals surface area (Å²) < 4.78 is 14.8. The first-order valence-corrected chi connectivity index (χ1v) is 7.43. The number of benzene rings is 2. The number of halogens is 3. The van der Waals surface area contributed by atoms with Gasteiger partial charge in [0.15, 0.2) is 0 Å². The maximum atomic E-state index is 13.3. The lowest BCUT2D eigenvalue weighted by atomic mass is 10.00. The summed E-state index contributed by atoms with van der Waals surface area (Å²) in [5, 5.41) is 10.3. The van der Waals surface area contributed by atoms with E-state index in [0.29, 0.717) is 10.9 Å². The second kappa shape index (κ2) is 6.16. The van der Waals surface area contributed by atoms with E-state index >= 15 is 0 Å². The van der Waals surface area contributed by atoms with Gasteiger partial charge in [-0.3, -0.25) is 0 Å². The minimum absolute atomic E-state index is 0.306. The molecule has 0 heterocycles. The minimum Gasteiger partial charge on any atom is -0.388 e. The van der Waals surface area contributed by atoms with E-state index in [1.165, 1.54) is 12.1 Å².